The van der Waals surface area contributed by atoms with Crippen LogP contribution in [0.25, 0.3) is 0 Å². The summed E-state index contributed by atoms with van der Waals surface area (Å²) in [7, 11) is 1.40. The average Bonchev–Trinajstić information content (AvgIpc) is 2.80. The number of urea groups is 1. The molecule has 2 amide bonds. The Kier molecular flexibility index (Phi) is 12.0. The molecule has 0 radical (unpaired) electrons. The fourth-order valence-electron chi connectivity index (χ4n) is 3.72. The Morgan fingerprint density at radius 2 is 1.59 bits per heavy atom. The molecule has 9 heteroatoms. The first kappa shape index (κ1) is 28.2. The lowest BCUT2D eigenvalue weighted by atomic mass is 10.1. The number of unbranched alkanes of at least 4 members (excludes halogenated alkanes) is 1. The third-order valence-corrected chi connectivity index (χ3v) is 6.60. The van der Waals surface area contributed by atoms with Crippen molar-refractivity contribution in [3.05, 3.63) is 68.7 Å². The second-order valence-electron chi connectivity index (χ2n) is 8.15. The first-order chi connectivity index (χ1) is 16.2. The molecule has 34 heavy (non-hydrogen) atoms. The van der Waals surface area contributed by atoms with Gasteiger partial charge in [0.05, 0.1) is 7.11 Å². The molecule has 2 aromatic carbocycles. The van der Waals surface area contributed by atoms with Crippen LogP contribution in [0, 0.1) is 0 Å². The van der Waals surface area contributed by atoms with Crippen LogP contribution >= 0.6 is 34.8 Å². The van der Waals surface area contributed by atoms with E-state index >= 15 is 0 Å². The van der Waals surface area contributed by atoms with Crippen molar-refractivity contribution < 1.29 is 14.3 Å². The quantitative estimate of drug-likeness (QED) is 0.244. The second kappa shape index (κ2) is 14.4. The molecule has 0 saturated carbocycles. The highest BCUT2D eigenvalue weighted by Gasteiger charge is 2.18. The Balaban J connectivity index is 2.00. The van der Waals surface area contributed by atoms with Crippen molar-refractivity contribution in [1.29, 1.82) is 0 Å². The largest absolute Gasteiger partial charge is 0.469 e. The van der Waals surface area contributed by atoms with Crippen molar-refractivity contribution in [3.8, 4) is 0 Å². The monoisotopic (exact) mass is 527 g/mol. The Hall–Kier alpha value is -1.99. The maximum atomic E-state index is 12.1. The molecule has 0 heterocycles. The third-order valence-electron chi connectivity index (χ3n) is 5.77. The van der Waals surface area contributed by atoms with E-state index in [9.17, 15) is 9.59 Å². The normalized spacial score (nSPS) is 11.9. The van der Waals surface area contributed by atoms with E-state index in [-0.39, 0.29) is 12.0 Å². The number of benzene rings is 2. The highest BCUT2D eigenvalue weighted by Crippen LogP contribution is 2.24. The van der Waals surface area contributed by atoms with Gasteiger partial charge in [-0.3, -0.25) is 9.69 Å². The van der Waals surface area contributed by atoms with Crippen LogP contribution in [0.1, 0.15) is 49.8 Å². The zero-order valence-corrected chi connectivity index (χ0v) is 21.9. The number of nitrogens with zero attached hydrogens (tertiary/aromatic N) is 2. The van der Waals surface area contributed by atoms with Gasteiger partial charge in [-0.15, -0.1) is 0 Å². The molecule has 0 spiro atoms. The van der Waals surface area contributed by atoms with Gasteiger partial charge < -0.3 is 15.4 Å². The number of rotatable bonds is 13. The molecule has 1 atom stereocenters. The highest BCUT2D eigenvalue weighted by atomic mass is 35.5. The van der Waals surface area contributed by atoms with Gasteiger partial charge in [0.25, 0.3) is 0 Å². The third kappa shape index (κ3) is 9.34. The predicted molar refractivity (Wildman–Crippen MR) is 138 cm³/mol. The number of nitrogens with two attached hydrogens (primary N) is 1. The summed E-state index contributed by atoms with van der Waals surface area (Å²) in [6, 6.07) is 12.6. The summed E-state index contributed by atoms with van der Waals surface area (Å²) in [5, 5.41) is 1.74. The van der Waals surface area contributed by atoms with Crippen molar-refractivity contribution in [2.75, 3.05) is 26.7 Å². The van der Waals surface area contributed by atoms with E-state index in [2.05, 4.69) is 11.8 Å². The van der Waals surface area contributed by atoms with Gasteiger partial charge in [-0.1, -0.05) is 53.0 Å². The van der Waals surface area contributed by atoms with Crippen molar-refractivity contribution >= 4 is 46.8 Å². The molecular formula is C25H32Cl3N3O3. The number of carbonyl (C=O) groups is 2. The molecule has 0 bridgehead atoms. The SMILES string of the molecule is COC(=O)CCCCN(CCCN(Cc1ccc(Cl)cc1Cl)C(N)=O)C(C)c1ccc(Cl)cc1. The molecule has 2 N–H and O–H groups in total. The Morgan fingerprint density at radius 1 is 0.941 bits per heavy atom. The van der Waals surface area contributed by atoms with Crippen molar-refractivity contribution in [2.45, 2.75) is 45.2 Å². The predicted octanol–water partition coefficient (Wildman–Crippen LogP) is 6.32. The lowest BCUT2D eigenvalue weighted by Crippen LogP contribution is -2.38. The second-order valence-corrected chi connectivity index (χ2v) is 9.43. The van der Waals surface area contributed by atoms with E-state index in [1.165, 1.54) is 7.11 Å². The summed E-state index contributed by atoms with van der Waals surface area (Å²) in [6.45, 7) is 4.50. The molecule has 2 aromatic rings. The molecule has 0 aromatic heterocycles. The zero-order valence-electron chi connectivity index (χ0n) is 19.6. The van der Waals surface area contributed by atoms with E-state index < -0.39 is 6.03 Å². The van der Waals surface area contributed by atoms with Crippen molar-refractivity contribution in [2.24, 2.45) is 5.73 Å². The Bertz CT molecular complexity index is 941. The lowest BCUT2D eigenvalue weighted by molar-refractivity contribution is -0.140. The molecule has 6 nitrogen and oxygen atoms in total. The van der Waals surface area contributed by atoms with Crippen LogP contribution in [0.2, 0.25) is 15.1 Å². The zero-order chi connectivity index (χ0) is 25.1. The molecule has 0 aliphatic rings. The number of methoxy groups -OCH3 is 1. The van der Waals surface area contributed by atoms with Gasteiger partial charge in [-0.2, -0.15) is 0 Å². The minimum absolute atomic E-state index is 0.142. The van der Waals surface area contributed by atoms with E-state index in [0.717, 1.165) is 43.5 Å². The standard InChI is InChI=1S/C25H32Cl3N3O3/c1-18(19-7-10-21(26)11-8-19)30(13-4-3-6-24(32)34-2)14-5-15-31(25(29)33)17-20-9-12-22(27)16-23(20)28/h7-12,16,18H,3-6,13-15,17H2,1-2H3,(H2,29,33). The number of carbonyl (C=O) groups excluding carboxylic acids is 2. The van der Waals surface area contributed by atoms with Crippen molar-refractivity contribution in [1.82, 2.24) is 9.80 Å². The van der Waals surface area contributed by atoms with Gasteiger partial charge in [0.1, 0.15) is 0 Å². The van der Waals surface area contributed by atoms with E-state index in [4.69, 9.17) is 45.3 Å². The molecule has 1 unspecified atom stereocenters. The van der Waals surface area contributed by atoms with E-state index in [1.54, 1.807) is 23.1 Å². The van der Waals surface area contributed by atoms with Crippen LogP contribution in [0.4, 0.5) is 4.79 Å². The van der Waals surface area contributed by atoms with Crippen LogP contribution in [-0.4, -0.2) is 48.5 Å². The van der Waals surface area contributed by atoms with Gasteiger partial charge in [0.2, 0.25) is 0 Å². The van der Waals surface area contributed by atoms with Crippen LogP contribution in [0.15, 0.2) is 42.5 Å². The molecule has 0 aliphatic heterocycles. The van der Waals surface area contributed by atoms with Crippen LogP contribution < -0.4 is 5.73 Å². The topological polar surface area (TPSA) is 75.9 Å². The maximum Gasteiger partial charge on any atom is 0.315 e. The molecule has 2 rings (SSSR count). The molecule has 0 aliphatic carbocycles. The summed E-state index contributed by atoms with van der Waals surface area (Å²) in [5.74, 6) is -0.199. The highest BCUT2D eigenvalue weighted by molar-refractivity contribution is 6.35. The molecular weight excluding hydrogens is 497 g/mol. The summed E-state index contributed by atoms with van der Waals surface area (Å²) in [4.78, 5) is 27.4. The lowest BCUT2D eigenvalue weighted by Gasteiger charge is -2.31. The van der Waals surface area contributed by atoms with Gasteiger partial charge in [-0.25, -0.2) is 4.79 Å². The van der Waals surface area contributed by atoms with Gasteiger partial charge >= 0.3 is 12.0 Å². The molecule has 186 valence electrons. The fourth-order valence-corrected chi connectivity index (χ4v) is 4.32. The number of hydrogen-bond acceptors (Lipinski definition) is 4. The fraction of sp³-hybridized carbons (Fsp3) is 0.440. The summed E-state index contributed by atoms with van der Waals surface area (Å²) >= 11 is 18.3. The minimum atomic E-state index is -0.499. The minimum Gasteiger partial charge on any atom is -0.469 e. The number of esters is 1. The summed E-state index contributed by atoms with van der Waals surface area (Å²) < 4.78 is 4.73. The average molecular weight is 529 g/mol. The maximum absolute atomic E-state index is 12.1. The molecule has 0 fully saturated rings. The summed E-state index contributed by atoms with van der Waals surface area (Å²) in [6.07, 6.45) is 2.73. The van der Waals surface area contributed by atoms with Gasteiger partial charge in [0.15, 0.2) is 0 Å². The Morgan fingerprint density at radius 3 is 2.21 bits per heavy atom. The first-order valence-electron chi connectivity index (χ1n) is 11.3. The van der Waals surface area contributed by atoms with Crippen LogP contribution in [0.3, 0.4) is 0 Å². The number of amides is 2. The smallest absolute Gasteiger partial charge is 0.315 e. The number of hydrogen-bond donors (Lipinski definition) is 1. The van der Waals surface area contributed by atoms with Crippen LogP contribution in [-0.2, 0) is 16.1 Å². The Labute approximate surface area is 216 Å². The number of primary amides is 1. The van der Waals surface area contributed by atoms with Gasteiger partial charge in [-0.05, 0) is 68.1 Å². The van der Waals surface area contributed by atoms with E-state index in [0.29, 0.717) is 34.6 Å². The number of halogens is 3. The summed E-state index contributed by atoms with van der Waals surface area (Å²) in [5.41, 5.74) is 7.57. The number of ether oxygens (including phenoxy) is 1. The first-order valence-corrected chi connectivity index (χ1v) is 12.4. The van der Waals surface area contributed by atoms with E-state index in [1.807, 2.05) is 24.3 Å². The van der Waals surface area contributed by atoms with Crippen LogP contribution in [0.5, 0.6) is 0 Å². The van der Waals surface area contributed by atoms with Gasteiger partial charge in [0, 0.05) is 47.2 Å². The van der Waals surface area contributed by atoms with Crippen molar-refractivity contribution in [3.63, 3.8) is 0 Å². The molecule has 0 saturated heterocycles.